The molecule has 0 saturated carbocycles. The molecular formula is C14H12ClFN2O. The van der Waals surface area contributed by atoms with Gasteiger partial charge in [0.05, 0.1) is 5.69 Å². The Morgan fingerprint density at radius 1 is 1.26 bits per heavy atom. The Hall–Kier alpha value is -2.07. The molecule has 2 aromatic carbocycles. The highest BCUT2D eigenvalue weighted by molar-refractivity contribution is 6.31. The summed E-state index contributed by atoms with van der Waals surface area (Å²) in [5.41, 5.74) is 7.03. The molecule has 19 heavy (non-hydrogen) atoms. The van der Waals surface area contributed by atoms with Crippen LogP contribution in [0.15, 0.2) is 36.4 Å². The van der Waals surface area contributed by atoms with Crippen LogP contribution in [0.5, 0.6) is 0 Å². The monoisotopic (exact) mass is 278 g/mol. The number of rotatable bonds is 2. The van der Waals surface area contributed by atoms with Crippen molar-refractivity contribution < 1.29 is 9.18 Å². The predicted molar refractivity (Wildman–Crippen MR) is 75.0 cm³/mol. The average Bonchev–Trinajstić information content (AvgIpc) is 2.36. The third-order valence-corrected chi connectivity index (χ3v) is 3.09. The minimum Gasteiger partial charge on any atom is -0.399 e. The number of aryl methyl sites for hydroxylation is 1. The van der Waals surface area contributed by atoms with Gasteiger partial charge in [-0.15, -0.1) is 0 Å². The molecule has 0 atom stereocenters. The van der Waals surface area contributed by atoms with Gasteiger partial charge in [-0.1, -0.05) is 11.6 Å². The molecule has 5 heteroatoms. The van der Waals surface area contributed by atoms with Gasteiger partial charge >= 0.3 is 0 Å². The molecule has 2 rings (SSSR count). The van der Waals surface area contributed by atoms with E-state index in [4.69, 9.17) is 17.3 Å². The van der Waals surface area contributed by atoms with Gasteiger partial charge in [-0.05, 0) is 48.9 Å². The predicted octanol–water partition coefficient (Wildman–Crippen LogP) is 3.62. The van der Waals surface area contributed by atoms with Crippen LogP contribution in [0.2, 0.25) is 5.02 Å². The molecule has 0 aromatic heterocycles. The van der Waals surface area contributed by atoms with E-state index in [2.05, 4.69) is 5.32 Å². The van der Waals surface area contributed by atoms with Crippen LogP contribution in [0.3, 0.4) is 0 Å². The Kier molecular flexibility index (Phi) is 3.71. The van der Waals surface area contributed by atoms with E-state index in [1.807, 2.05) is 0 Å². The lowest BCUT2D eigenvalue weighted by Gasteiger charge is -2.08. The van der Waals surface area contributed by atoms with Crippen LogP contribution < -0.4 is 11.1 Å². The molecule has 1 amide bonds. The molecule has 0 radical (unpaired) electrons. The second-order valence-electron chi connectivity index (χ2n) is 4.16. The van der Waals surface area contributed by atoms with Crippen molar-refractivity contribution in [1.82, 2.24) is 0 Å². The second-order valence-corrected chi connectivity index (χ2v) is 4.56. The highest BCUT2D eigenvalue weighted by Crippen LogP contribution is 2.20. The number of anilines is 2. The summed E-state index contributed by atoms with van der Waals surface area (Å²) < 4.78 is 13.6. The van der Waals surface area contributed by atoms with E-state index in [0.29, 0.717) is 16.3 Å². The largest absolute Gasteiger partial charge is 0.399 e. The Morgan fingerprint density at radius 2 is 2.00 bits per heavy atom. The van der Waals surface area contributed by atoms with Crippen molar-refractivity contribution in [3.05, 3.63) is 58.4 Å². The van der Waals surface area contributed by atoms with Gasteiger partial charge in [0.25, 0.3) is 5.91 Å². The normalized spacial score (nSPS) is 10.3. The highest BCUT2D eigenvalue weighted by atomic mass is 35.5. The Morgan fingerprint density at radius 3 is 2.63 bits per heavy atom. The van der Waals surface area contributed by atoms with E-state index in [0.717, 1.165) is 11.6 Å². The van der Waals surface area contributed by atoms with E-state index < -0.39 is 11.7 Å². The number of nitrogen functional groups attached to an aromatic ring is 1. The van der Waals surface area contributed by atoms with Crippen molar-refractivity contribution in [2.75, 3.05) is 11.1 Å². The molecule has 0 heterocycles. The molecule has 2 aromatic rings. The minimum absolute atomic E-state index is 0.0896. The summed E-state index contributed by atoms with van der Waals surface area (Å²) in [4.78, 5) is 12.0. The lowest BCUT2D eigenvalue weighted by atomic mass is 10.1. The zero-order valence-electron chi connectivity index (χ0n) is 10.2. The van der Waals surface area contributed by atoms with E-state index in [1.54, 1.807) is 25.1 Å². The Labute approximate surface area is 115 Å². The van der Waals surface area contributed by atoms with Crippen LogP contribution >= 0.6 is 11.6 Å². The first-order valence-corrected chi connectivity index (χ1v) is 5.97. The average molecular weight is 279 g/mol. The van der Waals surface area contributed by atoms with Crippen LogP contribution in [0.1, 0.15) is 15.9 Å². The fraction of sp³-hybridized carbons (Fsp3) is 0.0714. The third-order valence-electron chi connectivity index (χ3n) is 2.66. The van der Waals surface area contributed by atoms with Crippen molar-refractivity contribution in [2.45, 2.75) is 6.92 Å². The van der Waals surface area contributed by atoms with Gasteiger partial charge in [0, 0.05) is 16.3 Å². The number of carbonyl (C=O) groups excluding carboxylic acids is 1. The van der Waals surface area contributed by atoms with E-state index in [-0.39, 0.29) is 5.69 Å². The van der Waals surface area contributed by atoms with Crippen molar-refractivity contribution in [2.24, 2.45) is 0 Å². The number of hydrogen-bond acceptors (Lipinski definition) is 2. The van der Waals surface area contributed by atoms with Crippen molar-refractivity contribution >= 4 is 28.9 Å². The summed E-state index contributed by atoms with van der Waals surface area (Å²) in [5.74, 6) is -0.970. The molecule has 0 unspecified atom stereocenters. The van der Waals surface area contributed by atoms with Gasteiger partial charge in [0.15, 0.2) is 0 Å². The van der Waals surface area contributed by atoms with Crippen molar-refractivity contribution in [3.63, 3.8) is 0 Å². The fourth-order valence-electron chi connectivity index (χ4n) is 1.61. The summed E-state index contributed by atoms with van der Waals surface area (Å²) >= 11 is 5.88. The minimum atomic E-state index is -0.570. The van der Waals surface area contributed by atoms with Gasteiger partial charge in [-0.3, -0.25) is 4.79 Å². The van der Waals surface area contributed by atoms with Crippen LogP contribution in [-0.2, 0) is 0 Å². The zero-order chi connectivity index (χ0) is 14.0. The van der Waals surface area contributed by atoms with E-state index in [9.17, 15) is 9.18 Å². The number of carbonyl (C=O) groups is 1. The topological polar surface area (TPSA) is 55.1 Å². The van der Waals surface area contributed by atoms with E-state index in [1.165, 1.54) is 12.1 Å². The number of nitrogens with two attached hydrogens (primary N) is 1. The lowest BCUT2D eigenvalue weighted by molar-refractivity contribution is 0.102. The van der Waals surface area contributed by atoms with E-state index >= 15 is 0 Å². The fourth-order valence-corrected chi connectivity index (χ4v) is 1.73. The summed E-state index contributed by atoms with van der Waals surface area (Å²) in [6.07, 6.45) is 0. The standard InChI is InChI=1S/C14H12ClFN2O/c1-8-6-9(2-4-11(8)15)14(19)18-13-5-3-10(17)7-12(13)16/h2-7H,17H2,1H3,(H,18,19). The number of nitrogens with one attached hydrogen (secondary N) is 1. The molecule has 3 nitrogen and oxygen atoms in total. The van der Waals surface area contributed by atoms with Gasteiger partial charge < -0.3 is 11.1 Å². The van der Waals surface area contributed by atoms with Gasteiger partial charge in [0.1, 0.15) is 5.82 Å². The van der Waals surface area contributed by atoms with Crippen molar-refractivity contribution in [1.29, 1.82) is 0 Å². The second kappa shape index (κ2) is 5.28. The summed E-state index contributed by atoms with van der Waals surface area (Å²) in [6.45, 7) is 1.79. The molecule has 0 spiro atoms. The number of hydrogen-bond donors (Lipinski definition) is 2. The summed E-state index contributed by atoms with van der Waals surface area (Å²) in [5, 5.41) is 3.07. The number of halogens is 2. The number of amides is 1. The SMILES string of the molecule is Cc1cc(C(=O)Nc2ccc(N)cc2F)ccc1Cl. The molecule has 0 aliphatic carbocycles. The van der Waals surface area contributed by atoms with Crippen LogP contribution in [0.4, 0.5) is 15.8 Å². The lowest BCUT2D eigenvalue weighted by Crippen LogP contribution is -2.13. The smallest absolute Gasteiger partial charge is 0.255 e. The Bertz CT molecular complexity index is 643. The van der Waals surface area contributed by atoms with Crippen LogP contribution in [0, 0.1) is 12.7 Å². The van der Waals surface area contributed by atoms with Crippen LogP contribution in [0.25, 0.3) is 0 Å². The maximum absolute atomic E-state index is 13.6. The summed E-state index contributed by atoms with van der Waals surface area (Å²) in [6, 6.07) is 8.96. The third kappa shape index (κ3) is 3.03. The molecular weight excluding hydrogens is 267 g/mol. The molecule has 0 aliphatic rings. The summed E-state index contributed by atoms with van der Waals surface area (Å²) in [7, 11) is 0. The number of benzene rings is 2. The van der Waals surface area contributed by atoms with Crippen molar-refractivity contribution in [3.8, 4) is 0 Å². The molecule has 0 saturated heterocycles. The molecule has 0 aliphatic heterocycles. The quantitative estimate of drug-likeness (QED) is 0.824. The van der Waals surface area contributed by atoms with Gasteiger partial charge in [-0.25, -0.2) is 4.39 Å². The zero-order valence-corrected chi connectivity index (χ0v) is 11.0. The first-order chi connectivity index (χ1) is 8.97. The van der Waals surface area contributed by atoms with Crippen LogP contribution in [-0.4, -0.2) is 5.91 Å². The maximum atomic E-state index is 13.6. The first-order valence-electron chi connectivity index (χ1n) is 5.60. The molecule has 3 N–H and O–H groups in total. The van der Waals surface area contributed by atoms with Gasteiger partial charge in [0.2, 0.25) is 0 Å². The molecule has 0 fully saturated rings. The highest BCUT2D eigenvalue weighted by Gasteiger charge is 2.10. The van der Waals surface area contributed by atoms with Gasteiger partial charge in [-0.2, -0.15) is 0 Å². The maximum Gasteiger partial charge on any atom is 0.255 e. The molecule has 98 valence electrons. The first kappa shape index (κ1) is 13.4. The Balaban J connectivity index is 2.23. The molecule has 0 bridgehead atoms.